The second-order valence-electron chi connectivity index (χ2n) is 17.2. The fraction of sp³-hybridized carbons (Fsp3) is 0.568. The summed E-state index contributed by atoms with van der Waals surface area (Å²) in [6.45, 7) is 12.5. The SMILES string of the molecule is CN(C)Cc1c(OCC2CC2)ccc2c(CCC3CCN(CC4CCC(O[Si](c5ccccc5)(c5ccccc5)C(C)(C)C)CC4)CC3)noc12. The third-order valence-electron chi connectivity index (χ3n) is 12.0. The second kappa shape index (κ2) is 16.0. The summed E-state index contributed by atoms with van der Waals surface area (Å²) in [6, 6.07) is 26.6. The standard InChI is InChI=1S/C44H61N3O3Si/c1-44(2,3)51(37-12-8-6-9-13-37,38-14-10-7-11-15-38)50-36-21-18-34(19-22-36)30-47-28-26-33(27-29-47)20-24-41-39-23-25-42(48-32-35-16-17-35)40(31-46(4)5)43(39)49-45-41/h6-15,23,25,33-36H,16-22,24,26-32H2,1-5H3. The van der Waals surface area contributed by atoms with E-state index in [0.29, 0.717) is 6.10 Å². The maximum atomic E-state index is 7.51. The van der Waals surface area contributed by atoms with Gasteiger partial charge in [0.15, 0.2) is 5.58 Å². The zero-order valence-electron chi connectivity index (χ0n) is 31.9. The number of aryl methyl sites for hydroxylation is 1. The van der Waals surface area contributed by atoms with Crippen molar-refractivity contribution in [2.24, 2.45) is 17.8 Å². The van der Waals surface area contributed by atoms with E-state index in [1.807, 2.05) is 0 Å². The largest absolute Gasteiger partial charge is 0.493 e. The van der Waals surface area contributed by atoms with Gasteiger partial charge < -0.3 is 23.5 Å². The van der Waals surface area contributed by atoms with Gasteiger partial charge in [0, 0.05) is 24.6 Å². The molecule has 3 aromatic carbocycles. The van der Waals surface area contributed by atoms with Crippen molar-refractivity contribution in [3.8, 4) is 5.75 Å². The van der Waals surface area contributed by atoms with E-state index in [2.05, 4.69) is 123 Å². The predicted molar refractivity (Wildman–Crippen MR) is 212 cm³/mol. The summed E-state index contributed by atoms with van der Waals surface area (Å²) in [6.07, 6.45) is 12.5. The first-order chi connectivity index (χ1) is 24.7. The summed E-state index contributed by atoms with van der Waals surface area (Å²) in [5.74, 6) is 3.21. The molecule has 51 heavy (non-hydrogen) atoms. The van der Waals surface area contributed by atoms with Crippen LogP contribution in [-0.2, 0) is 17.4 Å². The molecule has 3 fully saturated rings. The summed E-state index contributed by atoms with van der Waals surface area (Å²) in [5, 5.41) is 8.57. The van der Waals surface area contributed by atoms with Crippen LogP contribution in [0.2, 0.25) is 5.04 Å². The minimum Gasteiger partial charge on any atom is -0.493 e. The van der Waals surface area contributed by atoms with Gasteiger partial charge in [-0.15, -0.1) is 0 Å². The summed E-state index contributed by atoms with van der Waals surface area (Å²) in [5.41, 5.74) is 3.15. The summed E-state index contributed by atoms with van der Waals surface area (Å²) < 4.78 is 19.8. The number of benzene rings is 3. The van der Waals surface area contributed by atoms with Crippen LogP contribution in [0.15, 0.2) is 77.3 Å². The Morgan fingerprint density at radius 2 is 1.41 bits per heavy atom. The van der Waals surface area contributed by atoms with Gasteiger partial charge >= 0.3 is 0 Å². The molecule has 274 valence electrons. The molecule has 7 heteroatoms. The molecule has 2 saturated carbocycles. The van der Waals surface area contributed by atoms with Crippen LogP contribution in [0.1, 0.15) is 89.8 Å². The van der Waals surface area contributed by atoms with Crippen molar-refractivity contribution >= 4 is 29.7 Å². The molecule has 4 aromatic rings. The van der Waals surface area contributed by atoms with Crippen LogP contribution in [0, 0.1) is 17.8 Å². The molecule has 0 amide bonds. The van der Waals surface area contributed by atoms with Gasteiger partial charge in [0.2, 0.25) is 0 Å². The Balaban J connectivity index is 0.904. The highest BCUT2D eigenvalue weighted by molar-refractivity contribution is 6.99. The molecule has 0 N–H and O–H groups in total. The third kappa shape index (κ3) is 8.48. The van der Waals surface area contributed by atoms with Crippen molar-refractivity contribution in [2.45, 2.75) is 103 Å². The van der Waals surface area contributed by atoms with Crippen molar-refractivity contribution < 1.29 is 13.7 Å². The first-order valence-corrected chi connectivity index (χ1v) is 21.8. The van der Waals surface area contributed by atoms with E-state index in [9.17, 15) is 0 Å². The molecule has 2 aliphatic carbocycles. The quantitative estimate of drug-likeness (QED) is 0.123. The number of hydrogen-bond donors (Lipinski definition) is 0. The Labute approximate surface area is 308 Å². The minimum absolute atomic E-state index is 0.0280. The van der Waals surface area contributed by atoms with E-state index in [4.69, 9.17) is 13.7 Å². The molecule has 1 aromatic heterocycles. The lowest BCUT2D eigenvalue weighted by Crippen LogP contribution is -2.67. The molecule has 2 heterocycles. The molecule has 7 rings (SSSR count). The molecule has 1 saturated heterocycles. The molecular formula is C44H61N3O3Si. The van der Waals surface area contributed by atoms with Gasteiger partial charge in [-0.25, -0.2) is 0 Å². The lowest BCUT2D eigenvalue weighted by atomic mass is 9.86. The van der Waals surface area contributed by atoms with E-state index in [1.165, 1.54) is 87.8 Å². The van der Waals surface area contributed by atoms with Gasteiger partial charge in [-0.1, -0.05) is 86.6 Å². The third-order valence-corrected chi connectivity index (χ3v) is 17.1. The highest BCUT2D eigenvalue weighted by atomic mass is 28.4. The van der Waals surface area contributed by atoms with E-state index in [1.54, 1.807) is 0 Å². The second-order valence-corrected chi connectivity index (χ2v) is 21.5. The van der Waals surface area contributed by atoms with Crippen molar-refractivity contribution in [1.82, 2.24) is 15.0 Å². The van der Waals surface area contributed by atoms with Crippen LogP contribution in [-0.4, -0.2) is 69.7 Å². The Morgan fingerprint density at radius 3 is 2.00 bits per heavy atom. The molecule has 1 aliphatic heterocycles. The topological polar surface area (TPSA) is 51.0 Å². The maximum Gasteiger partial charge on any atom is 0.261 e. The Kier molecular flexibility index (Phi) is 11.4. The zero-order valence-corrected chi connectivity index (χ0v) is 32.9. The number of fused-ring (bicyclic) bond motifs is 1. The van der Waals surface area contributed by atoms with Crippen molar-refractivity contribution in [2.75, 3.05) is 40.3 Å². The van der Waals surface area contributed by atoms with Crippen molar-refractivity contribution in [1.29, 1.82) is 0 Å². The monoisotopic (exact) mass is 707 g/mol. The lowest BCUT2D eigenvalue weighted by Gasteiger charge is -2.46. The first kappa shape index (κ1) is 36.4. The van der Waals surface area contributed by atoms with Crippen LogP contribution in [0.3, 0.4) is 0 Å². The summed E-state index contributed by atoms with van der Waals surface area (Å²) in [7, 11) is 1.70. The van der Waals surface area contributed by atoms with Gasteiger partial charge in [-0.2, -0.15) is 0 Å². The molecule has 6 nitrogen and oxygen atoms in total. The zero-order chi connectivity index (χ0) is 35.4. The number of ether oxygens (including phenoxy) is 1. The molecule has 0 bridgehead atoms. The lowest BCUT2D eigenvalue weighted by molar-refractivity contribution is 0.0924. The number of nitrogens with zero attached hydrogens (tertiary/aromatic N) is 3. The molecule has 0 atom stereocenters. The number of aromatic nitrogens is 1. The fourth-order valence-electron chi connectivity index (χ4n) is 8.90. The van der Waals surface area contributed by atoms with Gasteiger partial charge in [0.1, 0.15) is 5.75 Å². The minimum atomic E-state index is -2.50. The van der Waals surface area contributed by atoms with Gasteiger partial charge in [0.05, 0.1) is 17.9 Å². The van der Waals surface area contributed by atoms with Crippen LogP contribution in [0.25, 0.3) is 11.0 Å². The van der Waals surface area contributed by atoms with Crippen molar-refractivity contribution in [3.05, 3.63) is 84.1 Å². The van der Waals surface area contributed by atoms with Crippen molar-refractivity contribution in [3.63, 3.8) is 0 Å². The summed E-state index contributed by atoms with van der Waals surface area (Å²) >= 11 is 0. The molecular weight excluding hydrogens is 647 g/mol. The number of rotatable bonds is 14. The van der Waals surface area contributed by atoms with Crippen LogP contribution in [0.5, 0.6) is 5.75 Å². The Bertz CT molecular complexity index is 1640. The predicted octanol–water partition coefficient (Wildman–Crippen LogP) is 8.46. The highest BCUT2D eigenvalue weighted by Gasteiger charge is 2.51. The highest BCUT2D eigenvalue weighted by Crippen LogP contribution is 2.40. The number of hydrogen-bond acceptors (Lipinski definition) is 6. The van der Waals surface area contributed by atoms with E-state index < -0.39 is 8.32 Å². The number of likely N-dealkylation sites (tertiary alicyclic amines) is 1. The van der Waals surface area contributed by atoms with Crippen LogP contribution < -0.4 is 15.1 Å². The Hall–Kier alpha value is -2.97. The average molecular weight is 708 g/mol. The van der Waals surface area contributed by atoms with Gasteiger partial charge in [0.25, 0.3) is 8.32 Å². The van der Waals surface area contributed by atoms with E-state index in [-0.39, 0.29) is 5.04 Å². The average Bonchev–Trinajstić information content (AvgIpc) is 3.88. The van der Waals surface area contributed by atoms with E-state index >= 15 is 0 Å². The molecule has 0 unspecified atom stereocenters. The Morgan fingerprint density at radius 1 is 0.784 bits per heavy atom. The fourth-order valence-corrected chi connectivity index (χ4v) is 13.7. The van der Waals surface area contributed by atoms with Crippen LogP contribution >= 0.6 is 0 Å². The van der Waals surface area contributed by atoms with E-state index in [0.717, 1.165) is 65.3 Å². The van der Waals surface area contributed by atoms with Gasteiger partial charge in [-0.05, 0) is 137 Å². The maximum absolute atomic E-state index is 7.51. The molecule has 0 spiro atoms. The normalized spacial score (nSPS) is 21.1. The smallest absolute Gasteiger partial charge is 0.261 e. The van der Waals surface area contributed by atoms with Gasteiger partial charge in [-0.3, -0.25) is 0 Å². The summed E-state index contributed by atoms with van der Waals surface area (Å²) in [4.78, 5) is 4.94. The molecule has 3 aliphatic rings. The molecule has 0 radical (unpaired) electrons. The first-order valence-electron chi connectivity index (χ1n) is 19.9. The number of piperidine rings is 1. The van der Waals surface area contributed by atoms with Crippen LogP contribution in [0.4, 0.5) is 0 Å².